The van der Waals surface area contributed by atoms with E-state index in [1.165, 1.54) is 0 Å². The van der Waals surface area contributed by atoms with Gasteiger partial charge in [-0.1, -0.05) is 12.2 Å². The van der Waals surface area contributed by atoms with Crippen molar-refractivity contribution in [3.8, 4) is 0 Å². The lowest BCUT2D eigenvalue weighted by Crippen LogP contribution is -2.33. The summed E-state index contributed by atoms with van der Waals surface area (Å²) in [6.45, 7) is 1.66. The number of amides is 4. The molecule has 0 unspecified atom stereocenters. The van der Waals surface area contributed by atoms with Gasteiger partial charge in [-0.3, -0.25) is 14.9 Å². The zero-order valence-corrected chi connectivity index (χ0v) is 11.3. The highest BCUT2D eigenvalue weighted by molar-refractivity contribution is 6.04. The van der Waals surface area contributed by atoms with Crippen molar-refractivity contribution >= 4 is 17.8 Å². The largest absolute Gasteiger partial charge is 0.342 e. The van der Waals surface area contributed by atoms with Crippen LogP contribution < -0.4 is 10.6 Å². The maximum absolute atomic E-state index is 12.2. The molecule has 6 heteroatoms. The van der Waals surface area contributed by atoms with E-state index in [-0.39, 0.29) is 11.8 Å². The lowest BCUT2D eigenvalue weighted by Gasteiger charge is -2.17. The minimum absolute atomic E-state index is 0.0911. The molecule has 2 fully saturated rings. The first-order chi connectivity index (χ1) is 9.63. The molecule has 0 bridgehead atoms. The summed E-state index contributed by atoms with van der Waals surface area (Å²) < 4.78 is 0. The Morgan fingerprint density at radius 3 is 2.40 bits per heavy atom. The molecule has 0 aromatic rings. The summed E-state index contributed by atoms with van der Waals surface area (Å²) in [7, 11) is 0. The van der Waals surface area contributed by atoms with Gasteiger partial charge in [-0.05, 0) is 31.1 Å². The predicted molar refractivity (Wildman–Crippen MR) is 71.6 cm³/mol. The van der Waals surface area contributed by atoms with Crippen LogP contribution in [0.5, 0.6) is 0 Å². The second-order valence-corrected chi connectivity index (χ2v) is 5.82. The third-order valence-electron chi connectivity index (χ3n) is 4.48. The third-order valence-corrected chi connectivity index (χ3v) is 4.48. The molecule has 3 rings (SSSR count). The Kier molecular flexibility index (Phi) is 3.46. The maximum atomic E-state index is 12.2. The predicted octanol–water partition coefficient (Wildman–Crippen LogP) is 0.399. The minimum Gasteiger partial charge on any atom is -0.342 e. The van der Waals surface area contributed by atoms with Crippen LogP contribution in [0.2, 0.25) is 0 Å². The molecular formula is C14H19N3O3. The lowest BCUT2D eigenvalue weighted by molar-refractivity contribution is -0.130. The number of hydrogen-bond donors (Lipinski definition) is 2. The molecule has 0 aromatic carbocycles. The van der Waals surface area contributed by atoms with E-state index >= 15 is 0 Å². The highest BCUT2D eigenvalue weighted by atomic mass is 16.2. The van der Waals surface area contributed by atoms with Gasteiger partial charge >= 0.3 is 6.03 Å². The molecule has 3 atom stereocenters. The highest BCUT2D eigenvalue weighted by Gasteiger charge is 2.36. The zero-order valence-electron chi connectivity index (χ0n) is 11.3. The van der Waals surface area contributed by atoms with Gasteiger partial charge in [0.1, 0.15) is 6.04 Å². The number of fused-ring (bicyclic) bond motifs is 1. The molecule has 0 saturated carbocycles. The molecule has 4 amide bonds. The molecule has 1 aliphatic carbocycles. The summed E-state index contributed by atoms with van der Waals surface area (Å²) in [5.41, 5.74) is 0. The lowest BCUT2D eigenvalue weighted by atomic mass is 9.86. The van der Waals surface area contributed by atoms with Gasteiger partial charge in [0.15, 0.2) is 0 Å². The van der Waals surface area contributed by atoms with Crippen LogP contribution in [0.15, 0.2) is 12.2 Å². The average Bonchev–Trinajstić information content (AvgIpc) is 2.99. The molecule has 6 nitrogen and oxygen atoms in total. The van der Waals surface area contributed by atoms with Crippen LogP contribution in [0.1, 0.15) is 25.7 Å². The number of urea groups is 1. The summed E-state index contributed by atoms with van der Waals surface area (Å²) >= 11 is 0. The van der Waals surface area contributed by atoms with Crippen molar-refractivity contribution in [2.75, 3.05) is 13.1 Å². The number of nitrogens with zero attached hydrogens (tertiary/aromatic N) is 1. The quantitative estimate of drug-likeness (QED) is 0.579. The molecule has 2 saturated heterocycles. The molecule has 3 aliphatic rings. The van der Waals surface area contributed by atoms with Crippen LogP contribution in [-0.4, -0.2) is 41.9 Å². The number of carbonyl (C=O) groups excluding carboxylic acids is 3. The van der Waals surface area contributed by atoms with E-state index < -0.39 is 12.1 Å². The van der Waals surface area contributed by atoms with E-state index in [0.29, 0.717) is 24.7 Å². The van der Waals surface area contributed by atoms with Crippen molar-refractivity contribution in [3.63, 3.8) is 0 Å². The fourth-order valence-corrected chi connectivity index (χ4v) is 3.31. The van der Waals surface area contributed by atoms with Crippen molar-refractivity contribution in [2.45, 2.75) is 31.7 Å². The van der Waals surface area contributed by atoms with Gasteiger partial charge in [0.2, 0.25) is 5.91 Å². The van der Waals surface area contributed by atoms with Gasteiger partial charge in [-0.25, -0.2) is 4.79 Å². The summed E-state index contributed by atoms with van der Waals surface area (Å²) in [5, 5.41) is 4.70. The molecule has 2 aliphatic heterocycles. The zero-order chi connectivity index (χ0) is 14.1. The number of hydrogen-bond acceptors (Lipinski definition) is 3. The number of allylic oxidation sites excluding steroid dienone is 2. The van der Waals surface area contributed by atoms with Crippen molar-refractivity contribution in [1.29, 1.82) is 0 Å². The fraction of sp³-hybridized carbons (Fsp3) is 0.643. The van der Waals surface area contributed by atoms with Crippen LogP contribution >= 0.6 is 0 Å². The molecule has 2 N–H and O–H groups in total. The standard InChI is InChI=1S/C14H19N3O3/c18-12(6-5-11-13(19)16-14(20)15-11)17-7-9-3-1-2-4-10(9)8-17/h1-2,9-11H,3-8H2,(H2,15,16,19,20)/t9-,10+,11-/m0/s1. The Bertz CT molecular complexity index is 458. The second kappa shape index (κ2) is 5.26. The van der Waals surface area contributed by atoms with Crippen LogP contribution in [-0.2, 0) is 9.59 Å². The topological polar surface area (TPSA) is 78.5 Å². The Morgan fingerprint density at radius 2 is 1.85 bits per heavy atom. The number of imide groups is 1. The monoisotopic (exact) mass is 277 g/mol. The van der Waals surface area contributed by atoms with Crippen LogP contribution in [0.4, 0.5) is 4.79 Å². The van der Waals surface area contributed by atoms with E-state index in [0.717, 1.165) is 25.9 Å². The van der Waals surface area contributed by atoms with Crippen LogP contribution in [0, 0.1) is 11.8 Å². The summed E-state index contributed by atoms with van der Waals surface area (Å²) in [5.74, 6) is 0.951. The summed E-state index contributed by atoms with van der Waals surface area (Å²) in [4.78, 5) is 36.5. The summed E-state index contributed by atoms with van der Waals surface area (Å²) in [6, 6.07) is -1.02. The van der Waals surface area contributed by atoms with E-state index in [2.05, 4.69) is 22.8 Å². The van der Waals surface area contributed by atoms with Gasteiger partial charge in [0.05, 0.1) is 0 Å². The number of carbonyl (C=O) groups is 3. The van der Waals surface area contributed by atoms with Crippen LogP contribution in [0.3, 0.4) is 0 Å². The van der Waals surface area contributed by atoms with Gasteiger partial charge in [-0.2, -0.15) is 0 Å². The second-order valence-electron chi connectivity index (χ2n) is 5.82. The van der Waals surface area contributed by atoms with Gasteiger partial charge in [0.25, 0.3) is 5.91 Å². The summed E-state index contributed by atoms with van der Waals surface area (Å²) in [6.07, 6.45) is 7.22. The van der Waals surface area contributed by atoms with Gasteiger partial charge < -0.3 is 10.2 Å². The minimum atomic E-state index is -0.557. The molecule has 108 valence electrons. The Hall–Kier alpha value is -1.85. The number of nitrogens with one attached hydrogen (secondary N) is 2. The van der Waals surface area contributed by atoms with Crippen molar-refractivity contribution in [2.24, 2.45) is 11.8 Å². The molecule has 0 radical (unpaired) electrons. The van der Waals surface area contributed by atoms with Gasteiger partial charge in [0, 0.05) is 19.5 Å². The SMILES string of the molecule is O=C1NC(=O)[C@H](CCC(=O)N2C[C@H]3CC=CC[C@H]3C2)N1. The number of likely N-dealkylation sites (tertiary alicyclic amines) is 1. The first-order valence-electron chi connectivity index (χ1n) is 7.17. The average molecular weight is 277 g/mol. The molecular weight excluding hydrogens is 258 g/mol. The third kappa shape index (κ3) is 2.55. The fourth-order valence-electron chi connectivity index (χ4n) is 3.31. The van der Waals surface area contributed by atoms with Gasteiger partial charge in [-0.15, -0.1) is 0 Å². The molecule has 20 heavy (non-hydrogen) atoms. The molecule has 0 aromatic heterocycles. The Morgan fingerprint density at radius 1 is 1.20 bits per heavy atom. The Balaban J connectivity index is 1.48. The van der Waals surface area contributed by atoms with E-state index in [1.807, 2.05) is 4.90 Å². The first kappa shape index (κ1) is 13.1. The molecule has 2 heterocycles. The van der Waals surface area contributed by atoms with E-state index in [9.17, 15) is 14.4 Å². The number of rotatable bonds is 3. The van der Waals surface area contributed by atoms with Crippen molar-refractivity contribution in [3.05, 3.63) is 12.2 Å². The first-order valence-corrected chi connectivity index (χ1v) is 7.17. The molecule has 0 spiro atoms. The maximum Gasteiger partial charge on any atom is 0.322 e. The van der Waals surface area contributed by atoms with Crippen molar-refractivity contribution in [1.82, 2.24) is 15.5 Å². The van der Waals surface area contributed by atoms with E-state index in [1.54, 1.807) is 0 Å². The smallest absolute Gasteiger partial charge is 0.322 e. The Labute approximate surface area is 117 Å². The van der Waals surface area contributed by atoms with E-state index in [4.69, 9.17) is 0 Å². The highest BCUT2D eigenvalue weighted by Crippen LogP contribution is 2.33. The van der Waals surface area contributed by atoms with Crippen LogP contribution in [0.25, 0.3) is 0 Å². The normalized spacial score (nSPS) is 32.0. The van der Waals surface area contributed by atoms with Crippen molar-refractivity contribution < 1.29 is 14.4 Å².